The van der Waals surface area contributed by atoms with Gasteiger partial charge in [-0.15, -0.1) is 0 Å². The lowest BCUT2D eigenvalue weighted by atomic mass is 9.95. The molecule has 0 amide bonds. The average molecular weight is 297 g/mol. The number of hydrogen-bond donors (Lipinski definition) is 1. The minimum atomic E-state index is -0.363. The molecule has 1 unspecified atom stereocenters. The van der Waals surface area contributed by atoms with Crippen molar-refractivity contribution >= 4 is 0 Å². The van der Waals surface area contributed by atoms with Gasteiger partial charge in [-0.1, -0.05) is 51.0 Å². The highest BCUT2D eigenvalue weighted by molar-refractivity contribution is 5.27. The van der Waals surface area contributed by atoms with Crippen LogP contribution in [0, 0.1) is 0 Å². The molecule has 0 spiro atoms. The molecule has 1 aromatic rings. The molecule has 2 nitrogen and oxygen atoms in total. The van der Waals surface area contributed by atoms with Crippen LogP contribution >= 0.6 is 0 Å². The Bertz CT molecular complexity index is 369. The second-order valence-corrected chi connectivity index (χ2v) is 5.65. The highest BCUT2D eigenvalue weighted by Gasteiger charge is 2.17. The molecule has 1 aromatic carbocycles. The van der Waals surface area contributed by atoms with Crippen molar-refractivity contribution in [3.63, 3.8) is 0 Å². The highest BCUT2D eigenvalue weighted by atomic mass is 35.5. The predicted molar refractivity (Wildman–Crippen MR) is 80.4 cm³/mol. The van der Waals surface area contributed by atoms with E-state index in [1.54, 1.807) is 0 Å². The van der Waals surface area contributed by atoms with Crippen LogP contribution in [0.1, 0.15) is 62.7 Å². The lowest BCUT2D eigenvalue weighted by molar-refractivity contribution is -0.00000595. The number of benzene rings is 1. The van der Waals surface area contributed by atoms with Gasteiger partial charge in [-0.25, -0.2) is 0 Å². The van der Waals surface area contributed by atoms with E-state index < -0.39 is 0 Å². The van der Waals surface area contributed by atoms with E-state index in [-0.39, 0.29) is 18.5 Å². The number of aliphatic hydroxyl groups excluding tert-OH is 1. The van der Waals surface area contributed by atoms with Crippen molar-refractivity contribution in [2.24, 2.45) is 0 Å². The summed E-state index contributed by atoms with van der Waals surface area (Å²) in [5.41, 5.74) is 2.50. The quantitative estimate of drug-likeness (QED) is 0.836. The van der Waals surface area contributed by atoms with E-state index >= 15 is 0 Å². The molecule has 20 heavy (non-hydrogen) atoms. The molecular formula is C17H27ClNO-. The van der Waals surface area contributed by atoms with Crippen LogP contribution in [0.25, 0.3) is 0 Å². The van der Waals surface area contributed by atoms with E-state index in [1.807, 2.05) is 0 Å². The SMILES string of the molecule is CCN(CC)CC(O)c1ccc(C2CCCC2)cc1.[Cl-]. The third-order valence-corrected chi connectivity index (χ3v) is 4.47. The van der Waals surface area contributed by atoms with Gasteiger partial charge in [0.25, 0.3) is 0 Å². The number of nitrogens with zero attached hydrogens (tertiary/aromatic N) is 1. The van der Waals surface area contributed by atoms with Gasteiger partial charge in [0.1, 0.15) is 0 Å². The standard InChI is InChI=1S/C17H27NO.ClH/c1-3-18(4-2)13-17(19)16-11-9-15(10-12-16)14-7-5-6-8-14;/h9-12,14,17,19H,3-8,13H2,1-2H3;1H/p-1. The van der Waals surface area contributed by atoms with Crippen LogP contribution in [0.4, 0.5) is 0 Å². The second kappa shape index (κ2) is 8.66. The van der Waals surface area contributed by atoms with Gasteiger partial charge in [0, 0.05) is 6.54 Å². The summed E-state index contributed by atoms with van der Waals surface area (Å²) in [5.74, 6) is 0.758. The van der Waals surface area contributed by atoms with Gasteiger partial charge < -0.3 is 22.4 Å². The Morgan fingerprint density at radius 3 is 2.15 bits per heavy atom. The molecule has 0 saturated heterocycles. The number of aliphatic hydroxyl groups is 1. The van der Waals surface area contributed by atoms with Crippen molar-refractivity contribution in [1.29, 1.82) is 0 Å². The van der Waals surface area contributed by atoms with Crippen LogP contribution in [0.3, 0.4) is 0 Å². The topological polar surface area (TPSA) is 23.5 Å². The zero-order valence-electron chi connectivity index (χ0n) is 12.7. The van der Waals surface area contributed by atoms with Gasteiger partial charge in [0.2, 0.25) is 0 Å². The van der Waals surface area contributed by atoms with Gasteiger partial charge in [-0.05, 0) is 43.0 Å². The maximum atomic E-state index is 10.3. The Hall–Kier alpha value is -0.570. The van der Waals surface area contributed by atoms with Gasteiger partial charge in [0.05, 0.1) is 6.10 Å². The number of rotatable bonds is 6. The number of hydrogen-bond acceptors (Lipinski definition) is 2. The van der Waals surface area contributed by atoms with Crippen LogP contribution in [-0.2, 0) is 0 Å². The summed E-state index contributed by atoms with van der Waals surface area (Å²) < 4.78 is 0. The molecule has 1 aliphatic carbocycles. The van der Waals surface area contributed by atoms with Crippen LogP contribution in [0.5, 0.6) is 0 Å². The Kier molecular flexibility index (Phi) is 7.57. The molecule has 3 heteroatoms. The first-order valence-electron chi connectivity index (χ1n) is 7.74. The fourth-order valence-electron chi connectivity index (χ4n) is 3.08. The largest absolute Gasteiger partial charge is 1.00 e. The molecule has 1 aliphatic rings. The maximum Gasteiger partial charge on any atom is 0.0916 e. The molecule has 0 bridgehead atoms. The summed E-state index contributed by atoms with van der Waals surface area (Å²) >= 11 is 0. The summed E-state index contributed by atoms with van der Waals surface area (Å²) in [6.07, 6.45) is 5.05. The molecule has 1 saturated carbocycles. The third-order valence-electron chi connectivity index (χ3n) is 4.47. The van der Waals surface area contributed by atoms with Crippen molar-refractivity contribution < 1.29 is 17.5 Å². The zero-order chi connectivity index (χ0) is 13.7. The molecule has 1 fully saturated rings. The molecule has 114 valence electrons. The van der Waals surface area contributed by atoms with E-state index in [9.17, 15) is 5.11 Å². The Labute approximate surface area is 129 Å². The Morgan fingerprint density at radius 2 is 1.65 bits per heavy atom. The second-order valence-electron chi connectivity index (χ2n) is 5.65. The maximum absolute atomic E-state index is 10.3. The normalized spacial score (nSPS) is 17.2. The van der Waals surface area contributed by atoms with Gasteiger partial charge >= 0.3 is 0 Å². The summed E-state index contributed by atoms with van der Waals surface area (Å²) in [7, 11) is 0. The van der Waals surface area contributed by atoms with Crippen LogP contribution in [-0.4, -0.2) is 29.6 Å². The Balaban J connectivity index is 0.00000200. The lowest BCUT2D eigenvalue weighted by Gasteiger charge is -2.22. The van der Waals surface area contributed by atoms with Crippen LogP contribution < -0.4 is 12.4 Å². The molecule has 0 aromatic heterocycles. The predicted octanol–water partition coefficient (Wildman–Crippen LogP) is 0.723. The summed E-state index contributed by atoms with van der Waals surface area (Å²) in [4.78, 5) is 2.26. The fourth-order valence-corrected chi connectivity index (χ4v) is 3.08. The van der Waals surface area contributed by atoms with Crippen molar-refractivity contribution in [2.45, 2.75) is 51.6 Å². The van der Waals surface area contributed by atoms with E-state index in [0.717, 1.165) is 31.1 Å². The van der Waals surface area contributed by atoms with E-state index in [0.29, 0.717) is 0 Å². The van der Waals surface area contributed by atoms with Crippen molar-refractivity contribution in [3.8, 4) is 0 Å². The minimum absolute atomic E-state index is 0. The number of likely N-dealkylation sites (N-methyl/N-ethyl adjacent to an activating group) is 1. The van der Waals surface area contributed by atoms with Crippen LogP contribution in [0.2, 0.25) is 0 Å². The van der Waals surface area contributed by atoms with E-state index in [2.05, 4.69) is 43.0 Å². The smallest absolute Gasteiger partial charge is 0.0916 e. The lowest BCUT2D eigenvalue weighted by Crippen LogP contribution is -3.00. The third kappa shape index (κ3) is 4.47. The summed E-state index contributed by atoms with van der Waals surface area (Å²) in [6, 6.07) is 8.66. The highest BCUT2D eigenvalue weighted by Crippen LogP contribution is 2.34. The van der Waals surface area contributed by atoms with Gasteiger partial charge in [-0.3, -0.25) is 0 Å². The first kappa shape index (κ1) is 17.5. The Morgan fingerprint density at radius 1 is 1.10 bits per heavy atom. The molecule has 0 radical (unpaired) electrons. The zero-order valence-corrected chi connectivity index (χ0v) is 13.4. The first-order chi connectivity index (χ1) is 9.24. The summed E-state index contributed by atoms with van der Waals surface area (Å²) in [6.45, 7) is 7.00. The van der Waals surface area contributed by atoms with Gasteiger partial charge in [-0.2, -0.15) is 0 Å². The van der Waals surface area contributed by atoms with E-state index in [1.165, 1.54) is 31.2 Å². The molecular weight excluding hydrogens is 270 g/mol. The van der Waals surface area contributed by atoms with Crippen LogP contribution in [0.15, 0.2) is 24.3 Å². The average Bonchev–Trinajstić information content (AvgIpc) is 2.99. The minimum Gasteiger partial charge on any atom is -1.00 e. The molecule has 0 heterocycles. The van der Waals surface area contributed by atoms with E-state index in [4.69, 9.17) is 0 Å². The fraction of sp³-hybridized carbons (Fsp3) is 0.647. The van der Waals surface area contributed by atoms with Gasteiger partial charge in [0.15, 0.2) is 0 Å². The molecule has 0 aliphatic heterocycles. The monoisotopic (exact) mass is 296 g/mol. The summed E-state index contributed by atoms with van der Waals surface area (Å²) in [5, 5.41) is 10.3. The number of halogens is 1. The first-order valence-corrected chi connectivity index (χ1v) is 7.74. The molecule has 1 N–H and O–H groups in total. The molecule has 1 atom stereocenters. The van der Waals surface area contributed by atoms with Crippen molar-refractivity contribution in [1.82, 2.24) is 4.90 Å². The van der Waals surface area contributed by atoms with Crippen molar-refractivity contribution in [3.05, 3.63) is 35.4 Å². The molecule has 2 rings (SSSR count). The van der Waals surface area contributed by atoms with Crippen molar-refractivity contribution in [2.75, 3.05) is 19.6 Å².